The standard InChI is InChI=1S/C17H21N3O2/c1-12(21)16-10-14-15(22-16)5-6-18-17(14)20-9-8-19-7-3-2-4-13(19)11-20/h5-6,10,13H,2-4,7-9,11H2,1H3/t13-/m0/s1. The van der Waals surface area contributed by atoms with Crippen LogP contribution in [0.3, 0.4) is 0 Å². The topological polar surface area (TPSA) is 49.6 Å². The van der Waals surface area contributed by atoms with Crippen LogP contribution in [0.2, 0.25) is 0 Å². The summed E-state index contributed by atoms with van der Waals surface area (Å²) in [5.74, 6) is 1.33. The lowest BCUT2D eigenvalue weighted by Crippen LogP contribution is -2.55. The van der Waals surface area contributed by atoms with E-state index >= 15 is 0 Å². The van der Waals surface area contributed by atoms with Crippen LogP contribution >= 0.6 is 0 Å². The highest BCUT2D eigenvalue weighted by Crippen LogP contribution is 2.30. The van der Waals surface area contributed by atoms with Crippen molar-refractivity contribution in [3.8, 4) is 0 Å². The Bertz CT molecular complexity index is 709. The number of carbonyl (C=O) groups excluding carboxylic acids is 1. The predicted molar refractivity (Wildman–Crippen MR) is 85.4 cm³/mol. The van der Waals surface area contributed by atoms with Crippen LogP contribution in [-0.2, 0) is 0 Å². The number of rotatable bonds is 2. The molecule has 2 fully saturated rings. The third-order valence-electron chi connectivity index (χ3n) is 4.91. The Hall–Kier alpha value is -1.88. The van der Waals surface area contributed by atoms with Gasteiger partial charge >= 0.3 is 0 Å². The van der Waals surface area contributed by atoms with Crippen molar-refractivity contribution in [2.75, 3.05) is 31.1 Å². The van der Waals surface area contributed by atoms with Crippen molar-refractivity contribution in [1.82, 2.24) is 9.88 Å². The van der Waals surface area contributed by atoms with Gasteiger partial charge in [-0.15, -0.1) is 0 Å². The minimum absolute atomic E-state index is 0.0424. The van der Waals surface area contributed by atoms with E-state index < -0.39 is 0 Å². The van der Waals surface area contributed by atoms with E-state index in [0.29, 0.717) is 11.8 Å². The van der Waals surface area contributed by atoms with Crippen molar-refractivity contribution < 1.29 is 9.21 Å². The molecule has 1 atom stereocenters. The van der Waals surface area contributed by atoms with Gasteiger partial charge in [0, 0.05) is 38.8 Å². The largest absolute Gasteiger partial charge is 0.453 e. The van der Waals surface area contributed by atoms with Gasteiger partial charge in [0.05, 0.1) is 5.39 Å². The summed E-state index contributed by atoms with van der Waals surface area (Å²) >= 11 is 0. The first-order valence-corrected chi connectivity index (χ1v) is 8.11. The van der Waals surface area contributed by atoms with Crippen LogP contribution in [0.15, 0.2) is 22.7 Å². The summed E-state index contributed by atoms with van der Waals surface area (Å²) < 4.78 is 5.64. The molecule has 0 bridgehead atoms. The number of hydrogen-bond donors (Lipinski definition) is 0. The smallest absolute Gasteiger partial charge is 0.194 e. The molecular formula is C17H21N3O2. The molecule has 0 N–H and O–H groups in total. The summed E-state index contributed by atoms with van der Waals surface area (Å²) in [4.78, 5) is 21.1. The Labute approximate surface area is 129 Å². The number of piperazine rings is 1. The number of nitrogens with zero attached hydrogens (tertiary/aromatic N) is 3. The van der Waals surface area contributed by atoms with Gasteiger partial charge in [-0.3, -0.25) is 9.69 Å². The van der Waals surface area contributed by atoms with Crippen molar-refractivity contribution in [3.05, 3.63) is 24.1 Å². The average Bonchev–Trinajstić information content (AvgIpc) is 2.99. The second-order valence-electron chi connectivity index (χ2n) is 6.34. The maximum atomic E-state index is 11.6. The highest BCUT2D eigenvalue weighted by molar-refractivity contribution is 5.99. The van der Waals surface area contributed by atoms with Gasteiger partial charge in [0.2, 0.25) is 0 Å². The fourth-order valence-electron chi connectivity index (χ4n) is 3.72. The Morgan fingerprint density at radius 2 is 2.23 bits per heavy atom. The van der Waals surface area contributed by atoms with Crippen LogP contribution in [0.5, 0.6) is 0 Å². The van der Waals surface area contributed by atoms with Gasteiger partial charge < -0.3 is 9.32 Å². The van der Waals surface area contributed by atoms with E-state index in [4.69, 9.17) is 4.42 Å². The highest BCUT2D eigenvalue weighted by Gasteiger charge is 2.30. The summed E-state index contributed by atoms with van der Waals surface area (Å²) in [6.45, 7) is 5.87. The van der Waals surface area contributed by atoms with Crippen molar-refractivity contribution in [1.29, 1.82) is 0 Å². The molecule has 0 saturated carbocycles. The van der Waals surface area contributed by atoms with E-state index in [-0.39, 0.29) is 5.78 Å². The number of ketones is 1. The molecule has 4 rings (SSSR count). The van der Waals surface area contributed by atoms with E-state index in [1.165, 1.54) is 32.7 Å². The van der Waals surface area contributed by atoms with Gasteiger partial charge in [-0.05, 0) is 31.5 Å². The lowest BCUT2D eigenvalue weighted by Gasteiger charge is -2.44. The lowest BCUT2D eigenvalue weighted by molar-refractivity contribution is 0.0989. The zero-order chi connectivity index (χ0) is 15.1. The SMILES string of the molecule is CC(=O)c1cc2c(N3CCN4CCCC[C@H]4C3)nccc2o1. The number of furan rings is 1. The molecule has 0 radical (unpaired) electrons. The molecule has 2 aromatic rings. The molecule has 5 heteroatoms. The number of aromatic nitrogens is 1. The fraction of sp³-hybridized carbons (Fsp3) is 0.529. The molecule has 2 aliphatic heterocycles. The normalized spacial score (nSPS) is 22.8. The lowest BCUT2D eigenvalue weighted by atomic mass is 9.99. The summed E-state index contributed by atoms with van der Waals surface area (Å²) in [5.41, 5.74) is 0.751. The molecule has 0 amide bonds. The van der Waals surface area contributed by atoms with E-state index in [0.717, 1.165) is 36.4 Å². The van der Waals surface area contributed by atoms with E-state index in [2.05, 4.69) is 14.8 Å². The zero-order valence-corrected chi connectivity index (χ0v) is 12.9. The second-order valence-corrected chi connectivity index (χ2v) is 6.34. The molecule has 0 unspecified atom stereocenters. The molecule has 0 aromatic carbocycles. The molecule has 0 aliphatic carbocycles. The first-order valence-electron chi connectivity index (χ1n) is 8.11. The fourth-order valence-corrected chi connectivity index (χ4v) is 3.72. The first-order chi connectivity index (χ1) is 10.7. The number of carbonyl (C=O) groups is 1. The van der Waals surface area contributed by atoms with Gasteiger partial charge in [-0.1, -0.05) is 6.42 Å². The molecule has 2 aromatic heterocycles. The van der Waals surface area contributed by atoms with Gasteiger partial charge in [0.15, 0.2) is 11.5 Å². The summed E-state index contributed by atoms with van der Waals surface area (Å²) in [5, 5.41) is 0.956. The van der Waals surface area contributed by atoms with Crippen LogP contribution in [-0.4, -0.2) is 47.9 Å². The van der Waals surface area contributed by atoms with Crippen LogP contribution in [0.1, 0.15) is 36.7 Å². The minimum Gasteiger partial charge on any atom is -0.453 e. The van der Waals surface area contributed by atoms with Gasteiger partial charge in [-0.25, -0.2) is 4.98 Å². The minimum atomic E-state index is -0.0424. The van der Waals surface area contributed by atoms with Gasteiger partial charge in [0.25, 0.3) is 0 Å². The molecule has 2 aliphatic rings. The molecule has 22 heavy (non-hydrogen) atoms. The molecule has 116 valence electrons. The van der Waals surface area contributed by atoms with Crippen molar-refractivity contribution in [2.24, 2.45) is 0 Å². The Morgan fingerprint density at radius 3 is 3.09 bits per heavy atom. The molecule has 0 spiro atoms. The van der Waals surface area contributed by atoms with E-state index in [1.54, 1.807) is 6.20 Å². The summed E-state index contributed by atoms with van der Waals surface area (Å²) in [6.07, 6.45) is 5.70. The summed E-state index contributed by atoms with van der Waals surface area (Å²) in [7, 11) is 0. The third kappa shape index (κ3) is 2.29. The average molecular weight is 299 g/mol. The number of pyridine rings is 1. The molecule has 2 saturated heterocycles. The number of hydrogen-bond acceptors (Lipinski definition) is 5. The predicted octanol–water partition coefficient (Wildman–Crippen LogP) is 2.70. The first kappa shape index (κ1) is 13.8. The van der Waals surface area contributed by atoms with Crippen molar-refractivity contribution in [2.45, 2.75) is 32.2 Å². The maximum absolute atomic E-state index is 11.6. The number of fused-ring (bicyclic) bond motifs is 2. The highest BCUT2D eigenvalue weighted by atomic mass is 16.3. The molecule has 5 nitrogen and oxygen atoms in total. The van der Waals surface area contributed by atoms with E-state index in [1.807, 2.05) is 12.1 Å². The Kier molecular flexibility index (Phi) is 3.37. The van der Waals surface area contributed by atoms with Crippen LogP contribution in [0.25, 0.3) is 11.0 Å². The monoisotopic (exact) mass is 299 g/mol. The third-order valence-corrected chi connectivity index (χ3v) is 4.91. The van der Waals surface area contributed by atoms with Crippen LogP contribution < -0.4 is 4.90 Å². The molecule has 4 heterocycles. The number of Topliss-reactive ketones (excluding diaryl/α,β-unsaturated/α-hetero) is 1. The van der Waals surface area contributed by atoms with E-state index in [9.17, 15) is 4.79 Å². The number of anilines is 1. The Balaban J connectivity index is 1.67. The maximum Gasteiger partial charge on any atom is 0.194 e. The van der Waals surface area contributed by atoms with Crippen molar-refractivity contribution in [3.63, 3.8) is 0 Å². The van der Waals surface area contributed by atoms with Gasteiger partial charge in [-0.2, -0.15) is 0 Å². The van der Waals surface area contributed by atoms with Crippen LogP contribution in [0, 0.1) is 0 Å². The summed E-state index contributed by atoms with van der Waals surface area (Å²) in [6, 6.07) is 4.31. The Morgan fingerprint density at radius 1 is 1.32 bits per heavy atom. The molecular weight excluding hydrogens is 278 g/mol. The zero-order valence-electron chi connectivity index (χ0n) is 12.9. The van der Waals surface area contributed by atoms with Crippen molar-refractivity contribution >= 4 is 22.6 Å². The quantitative estimate of drug-likeness (QED) is 0.798. The number of piperidine rings is 1. The van der Waals surface area contributed by atoms with Gasteiger partial charge in [0.1, 0.15) is 11.4 Å². The van der Waals surface area contributed by atoms with Crippen LogP contribution in [0.4, 0.5) is 5.82 Å². The second kappa shape index (κ2) is 5.39.